The summed E-state index contributed by atoms with van der Waals surface area (Å²) in [6, 6.07) is 6.58. The molecule has 9 heteroatoms. The molecule has 0 unspecified atom stereocenters. The molecule has 1 saturated heterocycles. The third-order valence-electron chi connectivity index (χ3n) is 4.95. The summed E-state index contributed by atoms with van der Waals surface area (Å²) in [5.74, 6) is 0.152. The van der Waals surface area contributed by atoms with Crippen LogP contribution in [0.15, 0.2) is 35.4 Å². The summed E-state index contributed by atoms with van der Waals surface area (Å²) in [7, 11) is -3.18. The lowest BCUT2D eigenvalue weighted by Crippen LogP contribution is -2.41. The first-order valence-corrected chi connectivity index (χ1v) is 9.73. The van der Waals surface area contributed by atoms with Crippen molar-refractivity contribution in [2.45, 2.75) is 50.7 Å². The summed E-state index contributed by atoms with van der Waals surface area (Å²) in [5.41, 5.74) is 0.294. The molecule has 0 radical (unpaired) electrons. The molecule has 0 bridgehead atoms. The maximum atomic E-state index is 12.9. The Hall–Kier alpha value is -1.84. The van der Waals surface area contributed by atoms with E-state index in [9.17, 15) is 8.42 Å². The van der Waals surface area contributed by atoms with Gasteiger partial charge in [0.15, 0.2) is 0 Å². The van der Waals surface area contributed by atoms with Gasteiger partial charge in [0.05, 0.1) is 28.7 Å². The Balaban J connectivity index is 2.01. The third-order valence-corrected chi connectivity index (χ3v) is 6.50. The zero-order valence-corrected chi connectivity index (χ0v) is 16.6. The van der Waals surface area contributed by atoms with E-state index in [1.54, 1.807) is 24.3 Å². The van der Waals surface area contributed by atoms with E-state index < -0.39 is 28.3 Å². The number of rotatable bonds is 4. The summed E-state index contributed by atoms with van der Waals surface area (Å²) >= 11 is 0. The molecule has 0 saturated carbocycles. The summed E-state index contributed by atoms with van der Waals surface area (Å²) in [5, 5.41) is 4.09. The Morgan fingerprint density at radius 3 is 2.12 bits per heavy atom. The smallest absolute Gasteiger partial charge is 0.480 e. The molecule has 0 spiro atoms. The van der Waals surface area contributed by atoms with Crippen LogP contribution < -0.4 is 10.2 Å². The zero-order valence-electron chi connectivity index (χ0n) is 15.8. The number of methoxy groups -OCH3 is 1. The lowest BCUT2D eigenvalue weighted by Gasteiger charge is -2.32. The van der Waals surface area contributed by atoms with Gasteiger partial charge >= 0.3 is 7.12 Å². The minimum Gasteiger partial charge on any atom is -0.480 e. The minimum atomic E-state index is -3.84. The van der Waals surface area contributed by atoms with Crippen LogP contribution in [0.4, 0.5) is 0 Å². The van der Waals surface area contributed by atoms with E-state index >= 15 is 0 Å². The molecule has 26 heavy (non-hydrogen) atoms. The molecule has 2 aromatic rings. The van der Waals surface area contributed by atoms with Gasteiger partial charge in [-0.05, 0) is 46.8 Å². The van der Waals surface area contributed by atoms with Crippen molar-refractivity contribution >= 4 is 22.6 Å². The molecular weight excluding hydrogens is 355 g/mol. The number of nitrogens with zero attached hydrogens (tertiary/aromatic N) is 2. The molecular formula is C17H23BN2O5S. The number of hydrogen-bond acceptors (Lipinski definition) is 6. The Morgan fingerprint density at radius 2 is 1.62 bits per heavy atom. The van der Waals surface area contributed by atoms with Gasteiger partial charge in [-0.2, -0.15) is 12.5 Å². The predicted octanol–water partition coefficient (Wildman–Crippen LogP) is 1.74. The fourth-order valence-electron chi connectivity index (χ4n) is 2.58. The number of benzene rings is 1. The van der Waals surface area contributed by atoms with Crippen LogP contribution in [-0.2, 0) is 19.3 Å². The van der Waals surface area contributed by atoms with Gasteiger partial charge in [-0.15, -0.1) is 5.10 Å². The van der Waals surface area contributed by atoms with Crippen molar-refractivity contribution < 1.29 is 22.5 Å². The fraction of sp³-hybridized carbons (Fsp3) is 0.471. The van der Waals surface area contributed by atoms with E-state index in [0.717, 1.165) is 9.65 Å². The second kappa shape index (κ2) is 6.11. The average Bonchev–Trinajstić information content (AvgIpc) is 3.07. The number of ether oxygens (including phenoxy) is 1. The van der Waals surface area contributed by atoms with Gasteiger partial charge in [0.25, 0.3) is 10.0 Å². The Bertz CT molecular complexity index is 903. The van der Waals surface area contributed by atoms with Gasteiger partial charge in [0, 0.05) is 6.20 Å². The van der Waals surface area contributed by atoms with Gasteiger partial charge in [-0.3, -0.25) is 0 Å². The first kappa shape index (κ1) is 18.9. The second-order valence-electron chi connectivity index (χ2n) is 7.37. The molecule has 0 amide bonds. The maximum Gasteiger partial charge on any atom is 0.502 e. The van der Waals surface area contributed by atoms with E-state index in [2.05, 4.69) is 5.10 Å². The van der Waals surface area contributed by atoms with Crippen molar-refractivity contribution in [2.75, 3.05) is 7.11 Å². The molecule has 7 nitrogen and oxygen atoms in total. The monoisotopic (exact) mass is 378 g/mol. The van der Waals surface area contributed by atoms with Crippen molar-refractivity contribution in [2.24, 2.45) is 0 Å². The lowest BCUT2D eigenvalue weighted by molar-refractivity contribution is 0.00578. The van der Waals surface area contributed by atoms with Crippen molar-refractivity contribution in [1.29, 1.82) is 0 Å². The van der Waals surface area contributed by atoms with Crippen LogP contribution in [0.5, 0.6) is 5.88 Å². The number of aryl methyl sites for hydroxylation is 1. The Labute approximate surface area is 154 Å². The SMILES string of the molecule is COc1nn(S(=O)(=O)c2ccc(C)cc2)cc1B1OC(C)(C)C(C)(C)O1. The standard InChI is InChI=1S/C17H23BN2O5S/c1-12-7-9-13(10-8-12)26(21,22)20-11-14(15(19-20)23-6)18-24-16(2,3)17(4,5)25-18/h7-11H,1-6H3. The molecule has 0 N–H and O–H groups in total. The molecule has 140 valence electrons. The van der Waals surface area contributed by atoms with Gasteiger partial charge in [0.2, 0.25) is 5.88 Å². The largest absolute Gasteiger partial charge is 0.502 e. The molecule has 1 aromatic carbocycles. The van der Waals surface area contributed by atoms with Gasteiger partial charge in [-0.25, -0.2) is 0 Å². The fourth-order valence-corrected chi connectivity index (χ4v) is 3.71. The van der Waals surface area contributed by atoms with Crippen molar-refractivity contribution in [1.82, 2.24) is 9.19 Å². The van der Waals surface area contributed by atoms with Crippen molar-refractivity contribution in [3.05, 3.63) is 36.0 Å². The van der Waals surface area contributed by atoms with Crippen LogP contribution in [0, 0.1) is 6.92 Å². The minimum absolute atomic E-state index is 0.147. The summed E-state index contributed by atoms with van der Waals surface area (Å²) < 4.78 is 43.9. The molecule has 3 rings (SSSR count). The molecule has 1 aromatic heterocycles. The maximum absolute atomic E-state index is 12.9. The van der Waals surface area contributed by atoms with Gasteiger partial charge in [0.1, 0.15) is 0 Å². The van der Waals surface area contributed by atoms with E-state index in [-0.39, 0.29) is 10.8 Å². The first-order valence-electron chi connectivity index (χ1n) is 8.29. The van der Waals surface area contributed by atoms with E-state index in [0.29, 0.717) is 5.46 Å². The zero-order chi connectivity index (χ0) is 19.3. The highest BCUT2D eigenvalue weighted by Crippen LogP contribution is 2.37. The van der Waals surface area contributed by atoms with Gasteiger partial charge in [-0.1, -0.05) is 17.7 Å². The Morgan fingerprint density at radius 1 is 1.08 bits per heavy atom. The molecule has 2 heterocycles. The summed E-state index contributed by atoms with van der Waals surface area (Å²) in [6.07, 6.45) is 1.39. The second-order valence-corrected chi connectivity index (χ2v) is 9.17. The first-order chi connectivity index (χ1) is 12.0. The third kappa shape index (κ3) is 3.04. The van der Waals surface area contributed by atoms with Gasteiger partial charge < -0.3 is 14.0 Å². The highest BCUT2D eigenvalue weighted by molar-refractivity contribution is 7.89. The van der Waals surface area contributed by atoms with Crippen molar-refractivity contribution in [3.8, 4) is 5.88 Å². The summed E-state index contributed by atoms with van der Waals surface area (Å²) in [6.45, 7) is 9.59. The molecule has 1 aliphatic rings. The molecule has 1 aliphatic heterocycles. The van der Waals surface area contributed by atoms with Crippen LogP contribution in [-0.4, -0.2) is 43.0 Å². The average molecular weight is 378 g/mol. The van der Waals surface area contributed by atoms with Crippen LogP contribution >= 0.6 is 0 Å². The van der Waals surface area contributed by atoms with E-state index in [4.69, 9.17) is 14.0 Å². The highest BCUT2D eigenvalue weighted by atomic mass is 32.2. The molecule has 0 aliphatic carbocycles. The number of hydrogen-bond donors (Lipinski definition) is 0. The molecule has 1 fully saturated rings. The highest BCUT2D eigenvalue weighted by Gasteiger charge is 2.53. The van der Waals surface area contributed by atoms with E-state index in [1.165, 1.54) is 13.3 Å². The van der Waals surface area contributed by atoms with Crippen molar-refractivity contribution in [3.63, 3.8) is 0 Å². The normalized spacial score (nSPS) is 18.9. The topological polar surface area (TPSA) is 79.7 Å². The van der Waals surface area contributed by atoms with Crippen LogP contribution in [0.2, 0.25) is 0 Å². The quantitative estimate of drug-likeness (QED) is 0.754. The predicted molar refractivity (Wildman–Crippen MR) is 98.3 cm³/mol. The Kier molecular flexibility index (Phi) is 4.45. The lowest BCUT2D eigenvalue weighted by atomic mass is 9.81. The summed E-state index contributed by atoms with van der Waals surface area (Å²) in [4.78, 5) is 0.147. The van der Waals surface area contributed by atoms with Crippen LogP contribution in [0.3, 0.4) is 0 Å². The van der Waals surface area contributed by atoms with Crippen LogP contribution in [0.1, 0.15) is 33.3 Å². The molecule has 0 atom stereocenters. The van der Waals surface area contributed by atoms with E-state index in [1.807, 2.05) is 34.6 Å². The van der Waals surface area contributed by atoms with Crippen LogP contribution in [0.25, 0.3) is 0 Å². The number of aromatic nitrogens is 2.